The Morgan fingerprint density at radius 3 is 1.78 bits per heavy atom. The van der Waals surface area contributed by atoms with Gasteiger partial charge in [-0.25, -0.2) is 20.0 Å². The molecule has 4 aromatic heterocycles. The topological polar surface area (TPSA) is 108 Å². The van der Waals surface area contributed by atoms with Gasteiger partial charge < -0.3 is 19.0 Å². The van der Waals surface area contributed by atoms with Gasteiger partial charge in [0.25, 0.3) is 0 Å². The van der Waals surface area contributed by atoms with E-state index in [0.717, 1.165) is 15.3 Å². The summed E-state index contributed by atoms with van der Waals surface area (Å²) in [6.07, 6.45) is 3.86. The molecule has 41 heavy (non-hydrogen) atoms. The summed E-state index contributed by atoms with van der Waals surface area (Å²) in [5.74, 6) is 1.28. The number of methoxy groups -OCH3 is 2. The van der Waals surface area contributed by atoms with Crippen molar-refractivity contribution in [2.75, 3.05) is 14.2 Å². The Morgan fingerprint density at radius 1 is 0.829 bits per heavy atom. The van der Waals surface area contributed by atoms with Gasteiger partial charge >= 0.3 is 0 Å². The van der Waals surface area contributed by atoms with Crippen LogP contribution in [0, 0.1) is 0 Å². The Balaban J connectivity index is 0.000000239. The highest BCUT2D eigenvalue weighted by Gasteiger charge is 2.37. The zero-order chi connectivity index (χ0) is 29.9. The van der Waals surface area contributed by atoms with Crippen LogP contribution in [0.4, 0.5) is 11.6 Å². The van der Waals surface area contributed by atoms with E-state index < -0.39 is 8.32 Å². The summed E-state index contributed by atoms with van der Waals surface area (Å²) in [4.78, 5) is 19.5. The second-order valence-electron chi connectivity index (χ2n) is 10.6. The molecule has 0 aliphatic carbocycles. The van der Waals surface area contributed by atoms with Crippen molar-refractivity contribution in [3.05, 3.63) is 80.5 Å². The fourth-order valence-electron chi connectivity index (χ4n) is 3.14. The van der Waals surface area contributed by atoms with Crippen LogP contribution in [0.5, 0.6) is 0 Å². The minimum Gasteiger partial charge on any atom is -0.411 e. The van der Waals surface area contributed by atoms with Crippen molar-refractivity contribution in [3.63, 3.8) is 0 Å². The Morgan fingerprint density at radius 2 is 1.32 bits per heavy atom. The summed E-state index contributed by atoms with van der Waals surface area (Å²) in [6, 6.07) is 11.3. The summed E-state index contributed by atoms with van der Waals surface area (Å²) in [5, 5.41) is 13.1. The van der Waals surface area contributed by atoms with Gasteiger partial charge in [-0.2, -0.15) is 0 Å². The zero-order valence-electron chi connectivity index (χ0n) is 24.8. The first-order chi connectivity index (χ1) is 19.6. The lowest BCUT2D eigenvalue weighted by Gasteiger charge is -2.36. The Kier molecular flexibility index (Phi) is 12.3. The first kappa shape index (κ1) is 32.7. The number of nitrogens with zero attached hydrogens (tertiary/aromatic N) is 6. The van der Waals surface area contributed by atoms with Crippen LogP contribution in [0.3, 0.4) is 0 Å². The SMILES string of the molecule is COCn1ccsc1=Nc1cccc(CO)n1.COCn1ccsc1=Nc1cccc(CO[Si](C)(C)C(C)(C)C)n1. The van der Waals surface area contributed by atoms with Crippen molar-refractivity contribution in [2.24, 2.45) is 9.98 Å². The van der Waals surface area contributed by atoms with E-state index in [4.69, 9.17) is 19.0 Å². The van der Waals surface area contributed by atoms with E-state index in [1.165, 1.54) is 11.3 Å². The lowest BCUT2D eigenvalue weighted by molar-refractivity contribution is 0.129. The van der Waals surface area contributed by atoms with E-state index in [9.17, 15) is 0 Å². The smallest absolute Gasteiger partial charge is 0.193 e. The maximum atomic E-state index is 9.00. The van der Waals surface area contributed by atoms with Gasteiger partial charge in [0.2, 0.25) is 0 Å². The van der Waals surface area contributed by atoms with Crippen LogP contribution in [0.2, 0.25) is 18.1 Å². The van der Waals surface area contributed by atoms with Crippen LogP contribution >= 0.6 is 22.7 Å². The van der Waals surface area contributed by atoms with E-state index in [-0.39, 0.29) is 11.6 Å². The lowest BCUT2D eigenvalue weighted by Crippen LogP contribution is -2.40. The summed E-state index contributed by atoms with van der Waals surface area (Å²) < 4.78 is 20.3. The van der Waals surface area contributed by atoms with Crippen LogP contribution in [-0.2, 0) is 40.6 Å². The van der Waals surface area contributed by atoms with Gasteiger partial charge in [-0.15, -0.1) is 22.7 Å². The van der Waals surface area contributed by atoms with Crippen LogP contribution in [0.15, 0.2) is 69.5 Å². The second-order valence-corrected chi connectivity index (χ2v) is 17.1. The fraction of sp³-hybridized carbons (Fsp3) is 0.429. The van der Waals surface area contributed by atoms with Gasteiger partial charge in [0, 0.05) is 37.4 Å². The van der Waals surface area contributed by atoms with E-state index in [1.54, 1.807) is 37.7 Å². The molecular formula is C28H40N6O4S2Si. The third kappa shape index (κ3) is 9.92. The number of hydrogen-bond acceptors (Lipinski definition) is 10. The quantitative estimate of drug-likeness (QED) is 0.233. The van der Waals surface area contributed by atoms with Crippen molar-refractivity contribution in [1.29, 1.82) is 0 Å². The number of ether oxygens (including phenoxy) is 2. The number of aliphatic hydroxyl groups is 1. The van der Waals surface area contributed by atoms with Gasteiger partial charge in [-0.1, -0.05) is 32.9 Å². The summed E-state index contributed by atoms with van der Waals surface area (Å²) >= 11 is 3.07. The third-order valence-electron chi connectivity index (χ3n) is 6.41. The van der Waals surface area contributed by atoms with Crippen LogP contribution in [0.25, 0.3) is 0 Å². The maximum absolute atomic E-state index is 9.00. The molecule has 10 nitrogen and oxygen atoms in total. The summed E-state index contributed by atoms with van der Waals surface area (Å²) in [5.41, 5.74) is 1.53. The molecule has 0 radical (unpaired) electrons. The molecule has 0 aliphatic rings. The Bertz CT molecular complexity index is 1500. The summed E-state index contributed by atoms with van der Waals surface area (Å²) in [6.45, 7) is 12.6. The molecule has 1 N–H and O–H groups in total. The second kappa shape index (κ2) is 15.4. The minimum absolute atomic E-state index is 0.0775. The largest absolute Gasteiger partial charge is 0.411 e. The van der Waals surface area contributed by atoms with Crippen molar-refractivity contribution in [2.45, 2.75) is 65.6 Å². The molecule has 0 amide bonds. The molecule has 0 atom stereocenters. The molecular weight excluding hydrogens is 577 g/mol. The van der Waals surface area contributed by atoms with E-state index in [2.05, 4.69) is 53.8 Å². The molecule has 4 heterocycles. The van der Waals surface area contributed by atoms with Gasteiger partial charge in [0.05, 0.1) is 24.6 Å². The first-order valence-electron chi connectivity index (χ1n) is 13.1. The van der Waals surface area contributed by atoms with Gasteiger partial charge in [0.15, 0.2) is 29.6 Å². The fourth-order valence-corrected chi connectivity index (χ4v) is 5.53. The zero-order valence-corrected chi connectivity index (χ0v) is 27.4. The molecule has 0 bridgehead atoms. The molecule has 4 rings (SSSR count). The van der Waals surface area contributed by atoms with Crippen LogP contribution < -0.4 is 9.60 Å². The van der Waals surface area contributed by atoms with Crippen molar-refractivity contribution in [1.82, 2.24) is 19.1 Å². The standard InChI is InChI=1S/C17H27N3O2SSi.C11H13N3O2S/c1-17(2,3)24(5,6)22-12-14-8-7-9-15(18-14)19-16-20(13-21-4)10-11-23-16;1-16-8-14-5-6-17-11(14)13-10-4-2-3-9(7-15)12-10/h7-11H,12-13H2,1-6H3;2-6,15H,7-8H2,1H3. The Hall–Kier alpha value is -2.78. The lowest BCUT2D eigenvalue weighted by atomic mass is 10.2. The molecule has 13 heteroatoms. The van der Waals surface area contributed by atoms with Gasteiger partial charge in [0.1, 0.15) is 13.5 Å². The average molecular weight is 617 g/mol. The van der Waals surface area contributed by atoms with Gasteiger partial charge in [-0.3, -0.25) is 9.13 Å². The number of aromatic nitrogens is 4. The van der Waals surface area contributed by atoms with E-state index in [0.29, 0.717) is 37.4 Å². The average Bonchev–Trinajstić information content (AvgIpc) is 3.57. The molecule has 0 spiro atoms. The Labute approximate surface area is 250 Å². The molecule has 0 saturated carbocycles. The minimum atomic E-state index is -1.78. The van der Waals surface area contributed by atoms with E-state index in [1.807, 2.05) is 56.6 Å². The van der Waals surface area contributed by atoms with E-state index >= 15 is 0 Å². The highest BCUT2D eigenvalue weighted by Crippen LogP contribution is 2.37. The normalized spacial score (nSPS) is 12.9. The predicted molar refractivity (Wildman–Crippen MR) is 165 cm³/mol. The molecule has 0 unspecified atom stereocenters. The third-order valence-corrected chi connectivity index (χ3v) is 12.5. The molecule has 0 saturated heterocycles. The van der Waals surface area contributed by atoms with Crippen molar-refractivity contribution in [3.8, 4) is 0 Å². The molecule has 222 valence electrons. The predicted octanol–water partition coefficient (Wildman–Crippen LogP) is 5.58. The van der Waals surface area contributed by atoms with Gasteiger partial charge in [-0.05, 0) is 42.4 Å². The summed E-state index contributed by atoms with van der Waals surface area (Å²) in [7, 11) is 1.53. The number of rotatable bonds is 10. The monoisotopic (exact) mass is 616 g/mol. The molecule has 0 aliphatic heterocycles. The number of thiazole rings is 2. The van der Waals surface area contributed by atoms with Crippen LogP contribution in [0.1, 0.15) is 32.2 Å². The molecule has 0 fully saturated rings. The van der Waals surface area contributed by atoms with Crippen molar-refractivity contribution < 1.29 is 19.0 Å². The molecule has 0 aromatic carbocycles. The number of aliphatic hydroxyl groups excluding tert-OH is 1. The highest BCUT2D eigenvalue weighted by molar-refractivity contribution is 7.07. The van der Waals surface area contributed by atoms with Crippen molar-refractivity contribution >= 4 is 42.6 Å². The first-order valence-corrected chi connectivity index (χ1v) is 17.7. The van der Waals surface area contributed by atoms with Crippen LogP contribution in [-0.4, -0.2) is 46.7 Å². The highest BCUT2D eigenvalue weighted by atomic mass is 32.1. The molecule has 4 aromatic rings. The number of pyridine rings is 2. The number of hydrogen-bond donors (Lipinski definition) is 1. The maximum Gasteiger partial charge on any atom is 0.193 e.